The zero-order valence-electron chi connectivity index (χ0n) is 15.0. The first-order valence-corrected chi connectivity index (χ1v) is 10.2. The van der Waals surface area contributed by atoms with Crippen LogP contribution in [0.1, 0.15) is 0 Å². The Morgan fingerprint density at radius 2 is 1.90 bits per heavy atom. The predicted molar refractivity (Wildman–Crippen MR) is 109 cm³/mol. The van der Waals surface area contributed by atoms with Crippen molar-refractivity contribution in [3.05, 3.63) is 30.3 Å². The topological polar surface area (TPSA) is 148 Å². The lowest BCUT2D eigenvalue weighted by molar-refractivity contribution is -0.161. The molecule has 0 bridgehead atoms. The summed E-state index contributed by atoms with van der Waals surface area (Å²) in [5.74, 6) is -2.52. The quantitative estimate of drug-likeness (QED) is 0.273. The Hall–Kier alpha value is -1.92. The lowest BCUT2D eigenvalue weighted by Gasteiger charge is -2.47. The van der Waals surface area contributed by atoms with Crippen molar-refractivity contribution in [2.45, 2.75) is 21.4 Å². The second kappa shape index (κ2) is 10.4. The number of thioether (sulfide) groups is 1. The van der Waals surface area contributed by atoms with Crippen molar-refractivity contribution in [2.75, 3.05) is 13.2 Å². The molecule has 1 saturated heterocycles. The van der Waals surface area contributed by atoms with E-state index in [2.05, 4.69) is 5.32 Å². The molecule has 14 heteroatoms. The van der Waals surface area contributed by atoms with Gasteiger partial charge in [-0.3, -0.25) is 14.5 Å². The number of nitrogens with two attached hydrogens (primary N) is 1. The molecule has 3 atom stereocenters. The molecule has 0 saturated carbocycles. The average Bonchev–Trinajstić information content (AvgIpc) is 2.68. The summed E-state index contributed by atoms with van der Waals surface area (Å²) in [6, 6.07) is 7.23. The number of hydrogen-bond acceptors (Lipinski definition) is 8. The number of alkyl halides is 3. The lowest BCUT2D eigenvalue weighted by atomic mass is 10.1. The van der Waals surface area contributed by atoms with Gasteiger partial charge >= 0.3 is 11.3 Å². The molecule has 3 unspecified atom stereocenters. The van der Waals surface area contributed by atoms with Crippen molar-refractivity contribution in [3.8, 4) is 5.75 Å². The van der Waals surface area contributed by atoms with Crippen LogP contribution in [0, 0.1) is 0 Å². The fourth-order valence-corrected chi connectivity index (χ4v) is 3.47. The first kappa shape index (κ1) is 24.4. The maximum atomic E-state index is 12.3. The van der Waals surface area contributed by atoms with Gasteiger partial charge in [-0.2, -0.15) is 0 Å². The smallest absolute Gasteiger partial charge is 0.369 e. The van der Waals surface area contributed by atoms with Crippen molar-refractivity contribution in [3.63, 3.8) is 0 Å². The lowest BCUT2D eigenvalue weighted by Crippen LogP contribution is -2.74. The highest BCUT2D eigenvalue weighted by Crippen LogP contribution is 2.33. The van der Waals surface area contributed by atoms with Crippen molar-refractivity contribution < 1.29 is 33.8 Å². The monoisotopic (exact) mass is 499 g/mol. The van der Waals surface area contributed by atoms with Gasteiger partial charge in [0.2, 0.25) is 3.79 Å². The van der Waals surface area contributed by atoms with Gasteiger partial charge in [0, 0.05) is 0 Å². The molecule has 0 spiro atoms. The SMILES string of the molecule is NC(C(=O)O)N1C(=O)C(NC(=O)COc2ccccc2)C1SC(=O)OCC(Cl)(Cl)Cl. The number of amides is 2. The van der Waals surface area contributed by atoms with E-state index in [1.807, 2.05) is 0 Å². The first-order valence-electron chi connectivity index (χ1n) is 8.17. The van der Waals surface area contributed by atoms with Crippen molar-refractivity contribution in [1.29, 1.82) is 0 Å². The molecular formula is C16H16Cl3N3O7S. The number of aliphatic carboxylic acids is 1. The number of ether oxygens (including phenoxy) is 2. The number of likely N-dealkylation sites (tertiary alicyclic amines) is 1. The van der Waals surface area contributed by atoms with E-state index in [4.69, 9.17) is 55.1 Å². The van der Waals surface area contributed by atoms with E-state index in [0.29, 0.717) is 17.5 Å². The Morgan fingerprint density at radius 1 is 1.27 bits per heavy atom. The van der Waals surface area contributed by atoms with Gasteiger partial charge in [-0.25, -0.2) is 9.59 Å². The highest BCUT2D eigenvalue weighted by Gasteiger charge is 2.53. The summed E-state index contributed by atoms with van der Waals surface area (Å²) < 4.78 is 8.18. The number of β-lactam (4-membered cyclic amide) rings is 1. The van der Waals surface area contributed by atoms with Gasteiger partial charge in [0.05, 0.1) is 0 Å². The highest BCUT2D eigenvalue weighted by atomic mass is 35.6. The van der Waals surface area contributed by atoms with Gasteiger partial charge in [0.1, 0.15) is 23.8 Å². The molecular weight excluding hydrogens is 485 g/mol. The molecule has 0 radical (unpaired) electrons. The number of nitrogens with one attached hydrogen (secondary N) is 1. The highest BCUT2D eigenvalue weighted by molar-refractivity contribution is 8.13. The Balaban J connectivity index is 2.00. The molecule has 10 nitrogen and oxygen atoms in total. The van der Waals surface area contributed by atoms with E-state index in [1.54, 1.807) is 30.3 Å². The molecule has 4 N–H and O–H groups in total. The van der Waals surface area contributed by atoms with Gasteiger partial charge < -0.3 is 25.6 Å². The van der Waals surface area contributed by atoms with Crippen LogP contribution < -0.4 is 15.8 Å². The number of halogens is 3. The molecule has 1 aliphatic heterocycles. The Morgan fingerprint density at radius 3 is 2.47 bits per heavy atom. The van der Waals surface area contributed by atoms with Crippen LogP contribution in [0.25, 0.3) is 0 Å². The zero-order valence-corrected chi connectivity index (χ0v) is 18.1. The molecule has 1 fully saturated rings. The van der Waals surface area contributed by atoms with E-state index in [1.165, 1.54) is 0 Å². The second-order valence-electron chi connectivity index (χ2n) is 5.84. The molecule has 1 heterocycles. The maximum absolute atomic E-state index is 12.3. The number of carboxylic acid groups (broad SMARTS) is 1. The zero-order chi connectivity index (χ0) is 22.5. The van der Waals surface area contributed by atoms with Crippen molar-refractivity contribution in [1.82, 2.24) is 10.2 Å². The molecule has 164 valence electrons. The van der Waals surface area contributed by atoms with Crippen LogP contribution in [-0.4, -0.2) is 67.7 Å². The van der Waals surface area contributed by atoms with Gasteiger partial charge in [0.25, 0.3) is 11.8 Å². The molecule has 1 aromatic rings. The van der Waals surface area contributed by atoms with E-state index < -0.39 is 57.7 Å². The van der Waals surface area contributed by atoms with E-state index >= 15 is 0 Å². The van der Waals surface area contributed by atoms with Crippen molar-refractivity contribution >= 4 is 69.6 Å². The summed E-state index contributed by atoms with van der Waals surface area (Å²) in [6.07, 6.45) is -1.73. The number of hydrogen-bond donors (Lipinski definition) is 3. The van der Waals surface area contributed by atoms with Crippen LogP contribution >= 0.6 is 46.6 Å². The van der Waals surface area contributed by atoms with Crippen LogP contribution in [-0.2, 0) is 19.1 Å². The second-order valence-corrected chi connectivity index (χ2v) is 9.41. The number of para-hydroxylation sites is 1. The van der Waals surface area contributed by atoms with Crippen LogP contribution in [0.3, 0.4) is 0 Å². The minimum atomic E-state index is -1.86. The molecule has 2 rings (SSSR count). The van der Waals surface area contributed by atoms with Crippen LogP contribution in [0.4, 0.5) is 4.79 Å². The molecule has 30 heavy (non-hydrogen) atoms. The Kier molecular flexibility index (Phi) is 8.44. The summed E-state index contributed by atoms with van der Waals surface area (Å²) in [7, 11) is 0. The summed E-state index contributed by atoms with van der Waals surface area (Å²) in [6.45, 7) is -0.981. The number of carbonyl (C=O) groups excluding carboxylic acids is 3. The third kappa shape index (κ3) is 6.81. The molecule has 1 aliphatic rings. The molecule has 2 amide bonds. The number of nitrogens with zero attached hydrogens (tertiary/aromatic N) is 1. The van der Waals surface area contributed by atoms with Crippen LogP contribution in [0.15, 0.2) is 30.3 Å². The largest absolute Gasteiger partial charge is 0.484 e. The summed E-state index contributed by atoms with van der Waals surface area (Å²) in [4.78, 5) is 48.3. The fraction of sp³-hybridized carbons (Fsp3) is 0.375. The van der Waals surface area contributed by atoms with Gasteiger partial charge in [0.15, 0.2) is 12.8 Å². The Bertz CT molecular complexity index is 809. The number of carbonyl (C=O) groups is 4. The maximum Gasteiger partial charge on any atom is 0.369 e. The summed E-state index contributed by atoms with van der Waals surface area (Å²) >= 11 is 16.9. The van der Waals surface area contributed by atoms with E-state index in [0.717, 1.165) is 4.90 Å². The van der Waals surface area contributed by atoms with E-state index in [-0.39, 0.29) is 0 Å². The van der Waals surface area contributed by atoms with Crippen LogP contribution in [0.5, 0.6) is 5.75 Å². The number of benzene rings is 1. The first-order chi connectivity index (χ1) is 14.0. The Labute approximate surface area is 189 Å². The summed E-state index contributed by atoms with van der Waals surface area (Å²) in [5, 5.41) is 9.35. The van der Waals surface area contributed by atoms with Gasteiger partial charge in [-0.15, -0.1) is 0 Å². The normalized spacial score (nSPS) is 19.5. The molecule has 0 aromatic heterocycles. The minimum absolute atomic E-state index is 0.409. The third-order valence-electron chi connectivity index (χ3n) is 3.63. The minimum Gasteiger partial charge on any atom is -0.484 e. The summed E-state index contributed by atoms with van der Waals surface area (Å²) in [5.41, 5.74) is 5.49. The fourth-order valence-electron chi connectivity index (χ4n) is 2.31. The third-order valence-corrected chi connectivity index (χ3v) is 5.01. The number of carboxylic acids is 1. The van der Waals surface area contributed by atoms with Crippen molar-refractivity contribution in [2.24, 2.45) is 5.73 Å². The average molecular weight is 501 g/mol. The van der Waals surface area contributed by atoms with Gasteiger partial charge in [-0.05, 0) is 23.9 Å². The standard InChI is InChI=1S/C16H16Cl3N3O7S/c17-16(18,19)7-29-15(27)30-13-10(12(24)22(13)11(20)14(25)26)21-9(23)6-28-8-4-2-1-3-5-8/h1-5,10-11,13H,6-7,20H2,(H,21,23)(H,25,26). The molecule has 1 aromatic carbocycles. The molecule has 0 aliphatic carbocycles. The predicted octanol–water partition coefficient (Wildman–Crippen LogP) is 1.33. The number of rotatable bonds is 8. The van der Waals surface area contributed by atoms with E-state index in [9.17, 15) is 19.2 Å². The van der Waals surface area contributed by atoms with Gasteiger partial charge in [-0.1, -0.05) is 53.0 Å². The van der Waals surface area contributed by atoms with Crippen LogP contribution in [0.2, 0.25) is 0 Å².